The van der Waals surface area contributed by atoms with Crippen molar-refractivity contribution < 1.29 is 4.79 Å². The highest BCUT2D eigenvalue weighted by atomic mass is 16.1. The summed E-state index contributed by atoms with van der Waals surface area (Å²) in [6.07, 6.45) is 21.9. The van der Waals surface area contributed by atoms with Crippen LogP contribution in [-0.4, -0.2) is 19.0 Å². The van der Waals surface area contributed by atoms with Crippen molar-refractivity contribution in [3.8, 4) is 0 Å². The van der Waals surface area contributed by atoms with Crippen LogP contribution in [0.3, 0.4) is 0 Å². The smallest absolute Gasteiger partial charge is 0.223 e. The maximum Gasteiger partial charge on any atom is 0.223 e. The van der Waals surface area contributed by atoms with Gasteiger partial charge >= 0.3 is 0 Å². The predicted octanol–water partition coefficient (Wildman–Crippen LogP) is 5.14. The number of nitrogens with one attached hydrogen (secondary N) is 1. The average molecular weight is 326 g/mol. The second kappa shape index (κ2) is 19.5. The number of unbranched alkanes of at least 4 members (excludes halogenated alkanes) is 14. The molecule has 0 rings (SSSR count). The zero-order valence-corrected chi connectivity index (χ0v) is 15.6. The minimum absolute atomic E-state index is 0.0325. The highest BCUT2D eigenvalue weighted by molar-refractivity contribution is 5.84. The summed E-state index contributed by atoms with van der Waals surface area (Å²) in [7, 11) is 0. The van der Waals surface area contributed by atoms with Crippen molar-refractivity contribution >= 4 is 5.91 Å². The summed E-state index contributed by atoms with van der Waals surface area (Å²) in [6.45, 7) is 3.37. The van der Waals surface area contributed by atoms with Gasteiger partial charge in [-0.2, -0.15) is 0 Å². The second-order valence-electron chi connectivity index (χ2n) is 6.67. The van der Waals surface area contributed by atoms with Gasteiger partial charge in [-0.3, -0.25) is 4.79 Å². The summed E-state index contributed by atoms with van der Waals surface area (Å²) >= 11 is 0. The lowest BCUT2D eigenvalue weighted by molar-refractivity contribution is -0.117. The Labute approximate surface area is 145 Å². The van der Waals surface area contributed by atoms with Gasteiger partial charge in [0, 0.05) is 19.5 Å². The lowest BCUT2D eigenvalue weighted by Crippen LogP contribution is -2.29. The number of hydrogen-bond acceptors (Lipinski definition) is 2. The Kier molecular flexibility index (Phi) is 19.0. The summed E-state index contributed by atoms with van der Waals surface area (Å²) in [5, 5.41) is 2.76. The van der Waals surface area contributed by atoms with E-state index in [-0.39, 0.29) is 5.91 Å². The van der Waals surface area contributed by atoms with E-state index in [9.17, 15) is 4.79 Å². The number of rotatable bonds is 18. The molecular weight excluding hydrogens is 284 g/mol. The van der Waals surface area contributed by atoms with Crippen molar-refractivity contribution in [1.82, 2.24) is 5.32 Å². The molecule has 0 aliphatic carbocycles. The third kappa shape index (κ3) is 19.4. The molecule has 3 nitrogen and oxygen atoms in total. The quantitative estimate of drug-likeness (QED) is 0.343. The van der Waals surface area contributed by atoms with Crippen LogP contribution in [0.25, 0.3) is 0 Å². The van der Waals surface area contributed by atoms with Crippen molar-refractivity contribution in [1.29, 1.82) is 0 Å². The third-order valence-electron chi connectivity index (χ3n) is 4.33. The van der Waals surface area contributed by atoms with Crippen molar-refractivity contribution in [2.24, 2.45) is 5.73 Å². The van der Waals surface area contributed by atoms with Gasteiger partial charge in [0.15, 0.2) is 0 Å². The molecule has 1 radical (unpaired) electrons. The van der Waals surface area contributed by atoms with Gasteiger partial charge in [0.1, 0.15) is 0 Å². The van der Waals surface area contributed by atoms with E-state index in [1.54, 1.807) is 6.42 Å². The Morgan fingerprint density at radius 3 is 1.65 bits per heavy atom. The van der Waals surface area contributed by atoms with E-state index >= 15 is 0 Å². The molecule has 0 spiro atoms. The molecular formula is C20H41N2O. The molecule has 1 amide bonds. The Balaban J connectivity index is 3.04. The summed E-state index contributed by atoms with van der Waals surface area (Å²) in [4.78, 5) is 11.3. The Morgan fingerprint density at radius 2 is 1.22 bits per heavy atom. The van der Waals surface area contributed by atoms with Crippen LogP contribution in [0.15, 0.2) is 0 Å². The minimum atomic E-state index is 0.0325. The van der Waals surface area contributed by atoms with E-state index in [1.165, 1.54) is 83.5 Å². The van der Waals surface area contributed by atoms with E-state index < -0.39 is 0 Å². The fourth-order valence-corrected chi connectivity index (χ4v) is 2.84. The molecule has 0 aliphatic heterocycles. The van der Waals surface area contributed by atoms with Gasteiger partial charge in [0.2, 0.25) is 5.91 Å². The fraction of sp³-hybridized carbons (Fsp3) is 0.900. The summed E-state index contributed by atoms with van der Waals surface area (Å²) < 4.78 is 0. The van der Waals surface area contributed by atoms with E-state index in [0.29, 0.717) is 13.1 Å². The van der Waals surface area contributed by atoms with Gasteiger partial charge in [-0.1, -0.05) is 96.8 Å². The normalized spacial score (nSPS) is 10.9. The molecule has 0 heterocycles. The van der Waals surface area contributed by atoms with Crippen molar-refractivity contribution in [2.75, 3.05) is 13.1 Å². The lowest BCUT2D eigenvalue weighted by Gasteiger charge is -2.04. The third-order valence-corrected chi connectivity index (χ3v) is 4.33. The van der Waals surface area contributed by atoms with E-state index in [4.69, 9.17) is 5.73 Å². The highest BCUT2D eigenvalue weighted by Gasteiger charge is 2.00. The van der Waals surface area contributed by atoms with Crippen LogP contribution in [0.2, 0.25) is 0 Å². The average Bonchev–Trinajstić information content (AvgIpc) is 2.56. The molecule has 3 N–H and O–H groups in total. The van der Waals surface area contributed by atoms with Crippen molar-refractivity contribution in [3.63, 3.8) is 0 Å². The van der Waals surface area contributed by atoms with Crippen LogP contribution < -0.4 is 11.1 Å². The van der Waals surface area contributed by atoms with E-state index in [0.717, 1.165) is 12.8 Å². The van der Waals surface area contributed by atoms with Crippen LogP contribution >= 0.6 is 0 Å². The first kappa shape index (κ1) is 22.4. The molecule has 0 aromatic heterocycles. The molecule has 0 atom stereocenters. The van der Waals surface area contributed by atoms with Gasteiger partial charge in [-0.05, 0) is 6.42 Å². The number of carbonyl (C=O) groups is 1. The Bertz CT molecular complexity index is 244. The molecule has 0 aliphatic rings. The van der Waals surface area contributed by atoms with Gasteiger partial charge in [0.25, 0.3) is 0 Å². The second-order valence-corrected chi connectivity index (χ2v) is 6.67. The number of amides is 1. The standard InChI is InChI=1S/C20H41N2O/c1-2-3-4-5-6-7-8-9-10-11-12-13-14-15-16-17-20(23)22-19-18-21/h17H,2-16,18-19,21H2,1H3,(H,22,23). The van der Waals surface area contributed by atoms with Gasteiger partial charge in [0.05, 0.1) is 0 Å². The molecule has 0 fully saturated rings. The number of nitrogens with two attached hydrogens (primary N) is 1. The molecule has 0 aromatic rings. The molecule has 0 bridgehead atoms. The van der Waals surface area contributed by atoms with Crippen LogP contribution in [-0.2, 0) is 4.79 Å². The van der Waals surface area contributed by atoms with Crippen LogP contribution in [0.1, 0.15) is 103 Å². The topological polar surface area (TPSA) is 55.1 Å². The van der Waals surface area contributed by atoms with Gasteiger partial charge in [-0.15, -0.1) is 0 Å². The van der Waals surface area contributed by atoms with Gasteiger partial charge < -0.3 is 11.1 Å². The van der Waals surface area contributed by atoms with Gasteiger partial charge in [-0.25, -0.2) is 0 Å². The Hall–Kier alpha value is -0.570. The maximum atomic E-state index is 11.3. The molecule has 137 valence electrons. The molecule has 0 saturated carbocycles. The molecule has 0 saturated heterocycles. The van der Waals surface area contributed by atoms with Crippen LogP contribution in [0.4, 0.5) is 0 Å². The molecule has 0 unspecified atom stereocenters. The van der Waals surface area contributed by atoms with E-state index in [1.807, 2.05) is 0 Å². The first-order valence-corrected chi connectivity index (χ1v) is 10.1. The molecule has 3 heteroatoms. The van der Waals surface area contributed by atoms with Crippen molar-refractivity contribution in [2.45, 2.75) is 103 Å². The first-order chi connectivity index (χ1) is 11.3. The number of carbonyl (C=O) groups excluding carboxylic acids is 1. The minimum Gasteiger partial charge on any atom is -0.355 e. The summed E-state index contributed by atoms with van der Waals surface area (Å²) in [6, 6.07) is 0. The maximum absolute atomic E-state index is 11.3. The van der Waals surface area contributed by atoms with E-state index in [2.05, 4.69) is 12.2 Å². The van der Waals surface area contributed by atoms with Crippen molar-refractivity contribution in [3.05, 3.63) is 6.42 Å². The Morgan fingerprint density at radius 1 is 0.783 bits per heavy atom. The predicted molar refractivity (Wildman–Crippen MR) is 101 cm³/mol. The summed E-state index contributed by atoms with van der Waals surface area (Å²) in [5.74, 6) is 0.0325. The first-order valence-electron chi connectivity index (χ1n) is 10.1. The fourth-order valence-electron chi connectivity index (χ4n) is 2.84. The molecule has 23 heavy (non-hydrogen) atoms. The highest BCUT2D eigenvalue weighted by Crippen LogP contribution is 2.13. The zero-order valence-electron chi connectivity index (χ0n) is 15.6. The molecule has 0 aromatic carbocycles. The summed E-state index contributed by atoms with van der Waals surface area (Å²) in [5.41, 5.74) is 5.33. The largest absolute Gasteiger partial charge is 0.355 e. The SMILES string of the molecule is CCCCCCCCCCCCCCCC[CH]C(=O)NCCN. The zero-order chi connectivity index (χ0) is 17.0. The lowest BCUT2D eigenvalue weighted by atomic mass is 10.0. The number of hydrogen-bond donors (Lipinski definition) is 2. The van der Waals surface area contributed by atoms with Crippen LogP contribution in [0, 0.1) is 6.42 Å². The monoisotopic (exact) mass is 325 g/mol. The van der Waals surface area contributed by atoms with Crippen LogP contribution in [0.5, 0.6) is 0 Å².